The number of hydrogen-bond donors (Lipinski definition) is 1. The first-order valence-corrected chi connectivity index (χ1v) is 12.5. The smallest absolute Gasteiger partial charge is 0.248 e. The zero-order chi connectivity index (χ0) is 23.2. The number of aromatic nitrogens is 1. The molecule has 172 valence electrons. The van der Waals surface area contributed by atoms with Crippen LogP contribution in [0.15, 0.2) is 84.9 Å². The molecule has 1 aromatic heterocycles. The van der Waals surface area contributed by atoms with Crippen LogP contribution in [0.25, 0.3) is 16.2 Å². The molecule has 4 aromatic rings. The lowest BCUT2D eigenvalue weighted by Crippen LogP contribution is -2.47. The Labute approximate surface area is 204 Å². The molecule has 5 nitrogen and oxygen atoms in total. The third kappa shape index (κ3) is 5.35. The number of carbonyl (C=O) groups is 1. The summed E-state index contributed by atoms with van der Waals surface area (Å²) >= 11 is 1.58. The van der Waals surface area contributed by atoms with Gasteiger partial charge in [0.25, 0.3) is 0 Å². The van der Waals surface area contributed by atoms with E-state index < -0.39 is 0 Å². The van der Waals surface area contributed by atoms with Gasteiger partial charge >= 0.3 is 0 Å². The molecule has 3 aromatic carbocycles. The maximum absolute atomic E-state index is 12.5. The number of benzene rings is 3. The van der Waals surface area contributed by atoms with Gasteiger partial charge in [-0.1, -0.05) is 60.7 Å². The van der Waals surface area contributed by atoms with E-state index in [0.29, 0.717) is 0 Å². The number of fused-ring (bicyclic) bond motifs is 1. The second-order valence-corrected chi connectivity index (χ2v) is 9.28. The topological polar surface area (TPSA) is 48.5 Å². The number of para-hydroxylation sites is 1. The number of nitrogens with one attached hydrogen (secondary N) is 1. The molecule has 1 aliphatic heterocycles. The molecule has 0 bridgehead atoms. The van der Waals surface area contributed by atoms with Crippen molar-refractivity contribution in [3.8, 4) is 0 Å². The van der Waals surface area contributed by atoms with Gasteiger partial charge in [0.2, 0.25) is 5.91 Å². The summed E-state index contributed by atoms with van der Waals surface area (Å²) in [7, 11) is 0. The minimum Gasteiger partial charge on any atom is -0.353 e. The molecule has 2 heterocycles. The second kappa shape index (κ2) is 10.6. The number of nitrogens with zero attached hydrogens (tertiary/aromatic N) is 3. The second-order valence-electron chi connectivity index (χ2n) is 8.47. The molecule has 34 heavy (non-hydrogen) atoms. The highest BCUT2D eigenvalue weighted by atomic mass is 32.1. The average molecular weight is 469 g/mol. The fraction of sp³-hybridized carbons (Fsp3) is 0.214. The largest absolute Gasteiger partial charge is 0.353 e. The summed E-state index contributed by atoms with van der Waals surface area (Å²) in [6.45, 7) is 4.96. The van der Waals surface area contributed by atoms with Crippen LogP contribution in [-0.4, -0.2) is 47.9 Å². The maximum atomic E-state index is 12.5. The van der Waals surface area contributed by atoms with Gasteiger partial charge in [-0.2, -0.15) is 4.37 Å². The van der Waals surface area contributed by atoms with E-state index in [-0.39, 0.29) is 5.91 Å². The third-order valence-electron chi connectivity index (χ3n) is 6.23. The molecule has 0 unspecified atom stereocenters. The van der Waals surface area contributed by atoms with Crippen LogP contribution in [0.5, 0.6) is 0 Å². The zero-order valence-corrected chi connectivity index (χ0v) is 19.9. The van der Waals surface area contributed by atoms with Crippen molar-refractivity contribution < 1.29 is 4.79 Å². The Bertz CT molecular complexity index is 1280. The minimum absolute atomic E-state index is 0.111. The van der Waals surface area contributed by atoms with Crippen LogP contribution in [0.4, 0.5) is 11.5 Å². The number of piperazine rings is 1. The quantitative estimate of drug-likeness (QED) is 0.373. The number of anilines is 2. The number of rotatable bonds is 7. The van der Waals surface area contributed by atoms with Crippen LogP contribution in [0.3, 0.4) is 0 Å². The molecule has 6 heteroatoms. The van der Waals surface area contributed by atoms with E-state index in [4.69, 9.17) is 4.37 Å². The number of carbonyl (C=O) groups excluding carboxylic acids is 1. The van der Waals surface area contributed by atoms with E-state index in [0.717, 1.165) is 61.8 Å². The normalized spacial score (nSPS) is 14.6. The van der Waals surface area contributed by atoms with Crippen molar-refractivity contribution >= 4 is 45.1 Å². The van der Waals surface area contributed by atoms with E-state index in [9.17, 15) is 4.79 Å². The van der Waals surface area contributed by atoms with Gasteiger partial charge in [0.15, 0.2) is 0 Å². The first-order valence-electron chi connectivity index (χ1n) is 11.7. The van der Waals surface area contributed by atoms with Gasteiger partial charge in [-0.3, -0.25) is 9.69 Å². The molecule has 1 amide bonds. The fourth-order valence-corrected chi connectivity index (χ4v) is 5.13. The first kappa shape index (κ1) is 22.3. The van der Waals surface area contributed by atoms with Crippen LogP contribution in [0.1, 0.15) is 11.1 Å². The van der Waals surface area contributed by atoms with Crippen LogP contribution in [0, 0.1) is 0 Å². The molecule has 0 spiro atoms. The summed E-state index contributed by atoms with van der Waals surface area (Å²) < 4.78 is 5.96. The fourth-order valence-electron chi connectivity index (χ4n) is 4.33. The van der Waals surface area contributed by atoms with Crippen molar-refractivity contribution in [3.63, 3.8) is 0 Å². The van der Waals surface area contributed by atoms with Crippen LogP contribution in [-0.2, 0) is 11.2 Å². The lowest BCUT2D eigenvalue weighted by atomic mass is 10.1. The van der Waals surface area contributed by atoms with Crippen molar-refractivity contribution in [3.05, 3.63) is 96.1 Å². The molecule has 0 aliphatic carbocycles. The minimum atomic E-state index is -0.111. The Morgan fingerprint density at radius 2 is 1.65 bits per heavy atom. The molecule has 5 rings (SSSR count). The standard InChI is InChI=1S/C28H28N4OS/c33-27(15-14-22-8-2-1-3-9-22)29-25-12-6-4-10-23(25)16-17-31-18-20-32(21-19-31)28-24-11-5-7-13-26(24)34-30-28/h1-15H,16-21H2,(H,29,33). The van der Waals surface area contributed by atoms with Gasteiger partial charge in [-0.05, 0) is 53.4 Å². The lowest BCUT2D eigenvalue weighted by molar-refractivity contribution is -0.111. The Balaban J connectivity index is 1.15. The molecule has 0 radical (unpaired) electrons. The Hall–Kier alpha value is -3.48. The van der Waals surface area contributed by atoms with E-state index in [1.165, 1.54) is 10.1 Å². The first-order chi connectivity index (χ1) is 16.8. The van der Waals surface area contributed by atoms with Gasteiger partial charge < -0.3 is 10.2 Å². The molecular weight excluding hydrogens is 440 g/mol. The summed E-state index contributed by atoms with van der Waals surface area (Å²) in [6.07, 6.45) is 4.33. The van der Waals surface area contributed by atoms with Crippen LogP contribution >= 0.6 is 11.5 Å². The number of amides is 1. The molecule has 1 saturated heterocycles. The van der Waals surface area contributed by atoms with Crippen LogP contribution in [0.2, 0.25) is 0 Å². The molecule has 0 atom stereocenters. The SMILES string of the molecule is O=C(C=Cc1ccccc1)Nc1ccccc1CCN1CCN(c2nsc3ccccc23)CC1. The predicted molar refractivity (Wildman–Crippen MR) is 143 cm³/mol. The van der Waals surface area contributed by atoms with E-state index in [2.05, 4.69) is 45.4 Å². The van der Waals surface area contributed by atoms with Gasteiger partial charge in [-0.25, -0.2) is 0 Å². The van der Waals surface area contributed by atoms with Crippen molar-refractivity contribution in [2.75, 3.05) is 42.9 Å². The summed E-state index contributed by atoms with van der Waals surface area (Å²) in [4.78, 5) is 17.4. The predicted octanol–water partition coefficient (Wildman–Crippen LogP) is 5.31. The summed E-state index contributed by atoms with van der Waals surface area (Å²) in [5.74, 6) is 1.01. The van der Waals surface area contributed by atoms with Gasteiger partial charge in [0.1, 0.15) is 5.82 Å². The third-order valence-corrected chi connectivity index (χ3v) is 7.05. The van der Waals surface area contributed by atoms with Gasteiger partial charge in [0, 0.05) is 49.9 Å². The maximum Gasteiger partial charge on any atom is 0.248 e. The summed E-state index contributed by atoms with van der Waals surface area (Å²) in [5.41, 5.74) is 3.06. The van der Waals surface area contributed by atoms with Crippen LogP contribution < -0.4 is 10.2 Å². The summed E-state index contributed by atoms with van der Waals surface area (Å²) in [6, 6.07) is 26.4. The van der Waals surface area contributed by atoms with Crippen molar-refractivity contribution in [2.45, 2.75) is 6.42 Å². The number of hydrogen-bond acceptors (Lipinski definition) is 5. The average Bonchev–Trinajstić information content (AvgIpc) is 3.32. The van der Waals surface area contributed by atoms with Crippen molar-refractivity contribution in [1.82, 2.24) is 9.27 Å². The molecule has 1 N–H and O–H groups in total. The molecule has 0 saturated carbocycles. The lowest BCUT2D eigenvalue weighted by Gasteiger charge is -2.35. The monoisotopic (exact) mass is 468 g/mol. The Morgan fingerprint density at radius 3 is 2.50 bits per heavy atom. The Morgan fingerprint density at radius 1 is 0.912 bits per heavy atom. The van der Waals surface area contributed by atoms with E-state index in [1.54, 1.807) is 17.6 Å². The van der Waals surface area contributed by atoms with E-state index in [1.807, 2.05) is 54.6 Å². The Kier molecular flexibility index (Phi) is 6.98. The molecule has 1 fully saturated rings. The van der Waals surface area contributed by atoms with Gasteiger partial charge in [0.05, 0.1) is 4.70 Å². The summed E-state index contributed by atoms with van der Waals surface area (Å²) in [5, 5.41) is 4.31. The van der Waals surface area contributed by atoms with Crippen molar-refractivity contribution in [1.29, 1.82) is 0 Å². The highest BCUT2D eigenvalue weighted by molar-refractivity contribution is 7.13. The van der Waals surface area contributed by atoms with E-state index >= 15 is 0 Å². The van der Waals surface area contributed by atoms with Gasteiger partial charge in [-0.15, -0.1) is 0 Å². The highest BCUT2D eigenvalue weighted by Crippen LogP contribution is 2.29. The molecular formula is C28H28N4OS. The zero-order valence-electron chi connectivity index (χ0n) is 19.1. The highest BCUT2D eigenvalue weighted by Gasteiger charge is 2.20. The van der Waals surface area contributed by atoms with Crippen molar-refractivity contribution in [2.24, 2.45) is 0 Å². The molecule has 1 aliphatic rings.